The average molecular weight is 398 g/mol. The molecule has 0 atom stereocenters. The zero-order chi connectivity index (χ0) is 20.4. The van der Waals surface area contributed by atoms with E-state index in [4.69, 9.17) is 9.84 Å². The molecule has 1 aromatic carbocycles. The van der Waals surface area contributed by atoms with Gasteiger partial charge in [0.05, 0.1) is 18.0 Å². The summed E-state index contributed by atoms with van der Waals surface area (Å²) < 4.78 is 49.1. The number of nitrogens with zero attached hydrogens (tertiary/aromatic N) is 2. The van der Waals surface area contributed by atoms with Crippen molar-refractivity contribution >= 4 is 5.97 Å². The molecule has 6 nitrogen and oxygen atoms in total. The minimum Gasteiger partial charge on any atom is -0.486 e. The topological polar surface area (TPSA) is 82.8 Å². The second kappa shape index (κ2) is 7.87. The van der Waals surface area contributed by atoms with E-state index in [-0.39, 0.29) is 24.7 Å². The van der Waals surface area contributed by atoms with Crippen molar-refractivity contribution in [3.05, 3.63) is 23.8 Å². The van der Waals surface area contributed by atoms with Gasteiger partial charge in [0.15, 0.2) is 11.5 Å². The monoisotopic (exact) mass is 398 g/mol. The van der Waals surface area contributed by atoms with Crippen LogP contribution >= 0.6 is 0 Å². The van der Waals surface area contributed by atoms with Crippen molar-refractivity contribution in [2.75, 3.05) is 26.2 Å². The molecule has 1 heterocycles. The predicted molar refractivity (Wildman–Crippen MR) is 92.2 cm³/mol. The van der Waals surface area contributed by atoms with Crippen molar-refractivity contribution in [1.82, 2.24) is 4.90 Å². The standard InChI is InChI=1S/C19H21F3N2O4/c20-17(21)28-14-2-1-13(9-15(14)27-12-19(22)3-4-19)18(11-23)5-7-24(8-6-18)10-16(25)26/h1-2,9,17H,3-8,10,12H2,(H,25,26). The van der Waals surface area contributed by atoms with Gasteiger partial charge in [-0.1, -0.05) is 6.07 Å². The van der Waals surface area contributed by atoms with Gasteiger partial charge in [-0.05, 0) is 43.4 Å². The van der Waals surface area contributed by atoms with Crippen molar-refractivity contribution in [2.24, 2.45) is 0 Å². The maximum Gasteiger partial charge on any atom is 0.387 e. The molecule has 28 heavy (non-hydrogen) atoms. The Morgan fingerprint density at radius 3 is 2.46 bits per heavy atom. The van der Waals surface area contributed by atoms with Crippen LogP contribution in [0.25, 0.3) is 0 Å². The Hall–Kier alpha value is -2.47. The molecule has 1 saturated heterocycles. The Kier molecular flexibility index (Phi) is 5.70. The van der Waals surface area contributed by atoms with E-state index >= 15 is 0 Å². The van der Waals surface area contributed by atoms with Gasteiger partial charge in [-0.2, -0.15) is 14.0 Å². The third-order valence-corrected chi connectivity index (χ3v) is 5.27. The maximum atomic E-state index is 13.9. The quantitative estimate of drug-likeness (QED) is 0.725. The summed E-state index contributed by atoms with van der Waals surface area (Å²) in [6, 6.07) is 6.58. The number of carbonyl (C=O) groups is 1. The summed E-state index contributed by atoms with van der Waals surface area (Å²) in [7, 11) is 0. The van der Waals surface area contributed by atoms with Crippen LogP contribution in [-0.2, 0) is 10.2 Å². The van der Waals surface area contributed by atoms with E-state index in [0.717, 1.165) is 0 Å². The molecule has 3 rings (SSSR count). The highest BCUT2D eigenvalue weighted by atomic mass is 19.3. The van der Waals surface area contributed by atoms with Crippen LogP contribution in [0.4, 0.5) is 13.2 Å². The first-order chi connectivity index (χ1) is 13.3. The molecule has 2 aliphatic rings. The molecule has 0 amide bonds. The average Bonchev–Trinajstić information content (AvgIpc) is 3.38. The summed E-state index contributed by atoms with van der Waals surface area (Å²) in [5.41, 5.74) is -1.78. The van der Waals surface area contributed by atoms with Gasteiger partial charge in [-0.15, -0.1) is 0 Å². The van der Waals surface area contributed by atoms with Crippen molar-refractivity contribution in [3.63, 3.8) is 0 Å². The van der Waals surface area contributed by atoms with E-state index in [1.807, 2.05) is 0 Å². The lowest BCUT2D eigenvalue weighted by Gasteiger charge is -2.37. The van der Waals surface area contributed by atoms with Gasteiger partial charge >= 0.3 is 12.6 Å². The highest BCUT2D eigenvalue weighted by Gasteiger charge is 2.44. The lowest BCUT2D eigenvalue weighted by molar-refractivity contribution is -0.138. The number of hydrogen-bond donors (Lipinski definition) is 1. The van der Waals surface area contributed by atoms with E-state index in [9.17, 15) is 23.2 Å². The zero-order valence-electron chi connectivity index (χ0n) is 15.2. The van der Waals surface area contributed by atoms with Gasteiger partial charge in [-0.3, -0.25) is 9.69 Å². The molecule has 0 aromatic heterocycles. The maximum absolute atomic E-state index is 13.9. The first kappa shape index (κ1) is 20.3. The first-order valence-corrected chi connectivity index (χ1v) is 9.02. The molecule has 1 aliphatic carbocycles. The zero-order valence-corrected chi connectivity index (χ0v) is 15.2. The number of carboxylic acids is 1. The van der Waals surface area contributed by atoms with Gasteiger partial charge in [0, 0.05) is 13.1 Å². The molecule has 0 bridgehead atoms. The summed E-state index contributed by atoms with van der Waals surface area (Å²) in [5, 5.41) is 18.7. The summed E-state index contributed by atoms with van der Waals surface area (Å²) in [4.78, 5) is 12.6. The van der Waals surface area contributed by atoms with Crippen molar-refractivity contribution in [3.8, 4) is 17.6 Å². The number of nitriles is 1. The summed E-state index contributed by atoms with van der Waals surface area (Å²) in [5.74, 6) is -1.17. The minimum atomic E-state index is -3.06. The predicted octanol–water partition coefficient (Wildman–Crippen LogP) is 3.11. The summed E-state index contributed by atoms with van der Waals surface area (Å²) in [6.45, 7) is -2.59. The highest BCUT2D eigenvalue weighted by Crippen LogP contribution is 2.43. The Labute approximate surface area is 160 Å². The van der Waals surface area contributed by atoms with Crippen molar-refractivity contribution < 1.29 is 32.5 Å². The van der Waals surface area contributed by atoms with E-state index in [2.05, 4.69) is 10.8 Å². The first-order valence-electron chi connectivity index (χ1n) is 9.02. The van der Waals surface area contributed by atoms with Crippen LogP contribution in [0.1, 0.15) is 31.2 Å². The van der Waals surface area contributed by atoms with Crippen LogP contribution < -0.4 is 9.47 Å². The lowest BCUT2D eigenvalue weighted by atomic mass is 9.74. The number of alkyl halides is 3. The smallest absolute Gasteiger partial charge is 0.387 e. The molecule has 2 fully saturated rings. The Balaban J connectivity index is 1.81. The van der Waals surface area contributed by atoms with Gasteiger partial charge in [-0.25, -0.2) is 4.39 Å². The van der Waals surface area contributed by atoms with Gasteiger partial charge < -0.3 is 14.6 Å². The van der Waals surface area contributed by atoms with Crippen LogP contribution in [0.3, 0.4) is 0 Å². The molecule has 9 heteroatoms. The van der Waals surface area contributed by atoms with Gasteiger partial charge in [0.25, 0.3) is 0 Å². The second-order valence-electron chi connectivity index (χ2n) is 7.34. The van der Waals surface area contributed by atoms with Crippen LogP contribution in [0.5, 0.6) is 11.5 Å². The molecular formula is C19H21F3N2O4. The normalized spacial score (nSPS) is 20.4. The van der Waals surface area contributed by atoms with E-state index in [1.54, 1.807) is 4.90 Å². The lowest BCUT2D eigenvalue weighted by Crippen LogP contribution is -2.43. The molecular weight excluding hydrogens is 377 g/mol. The Morgan fingerprint density at radius 1 is 1.25 bits per heavy atom. The minimum absolute atomic E-state index is 0.0238. The summed E-state index contributed by atoms with van der Waals surface area (Å²) in [6.07, 6.45) is 1.50. The number of carboxylic acid groups (broad SMARTS) is 1. The van der Waals surface area contributed by atoms with Crippen LogP contribution in [0.2, 0.25) is 0 Å². The molecule has 152 valence electrons. The fourth-order valence-corrected chi connectivity index (χ4v) is 3.35. The largest absolute Gasteiger partial charge is 0.486 e. The molecule has 1 N–H and O–H groups in total. The van der Waals surface area contributed by atoms with Crippen LogP contribution in [0.15, 0.2) is 18.2 Å². The second-order valence-corrected chi connectivity index (χ2v) is 7.34. The molecule has 1 aliphatic heterocycles. The van der Waals surface area contributed by atoms with Gasteiger partial charge in [0.2, 0.25) is 0 Å². The van der Waals surface area contributed by atoms with E-state index in [1.165, 1.54) is 18.2 Å². The number of aliphatic carboxylic acids is 1. The molecule has 0 radical (unpaired) electrons. The highest BCUT2D eigenvalue weighted by molar-refractivity contribution is 5.69. The Bertz CT molecular complexity index is 769. The number of piperidine rings is 1. The molecule has 1 saturated carbocycles. The fraction of sp³-hybridized carbons (Fsp3) is 0.579. The number of hydrogen-bond acceptors (Lipinski definition) is 5. The number of rotatable bonds is 8. The van der Waals surface area contributed by atoms with E-state index < -0.39 is 23.7 Å². The number of benzene rings is 1. The van der Waals surface area contributed by atoms with Gasteiger partial charge in [0.1, 0.15) is 12.3 Å². The molecule has 0 spiro atoms. The molecule has 0 unspecified atom stereocenters. The van der Waals surface area contributed by atoms with Crippen molar-refractivity contribution in [1.29, 1.82) is 5.26 Å². The van der Waals surface area contributed by atoms with Crippen LogP contribution in [0, 0.1) is 11.3 Å². The number of likely N-dealkylation sites (tertiary alicyclic amines) is 1. The Morgan fingerprint density at radius 2 is 1.93 bits per heavy atom. The van der Waals surface area contributed by atoms with E-state index in [0.29, 0.717) is 44.3 Å². The number of ether oxygens (including phenoxy) is 2. The molecule has 1 aromatic rings. The van der Waals surface area contributed by atoms with Crippen LogP contribution in [-0.4, -0.2) is 54.5 Å². The third-order valence-electron chi connectivity index (χ3n) is 5.27. The van der Waals surface area contributed by atoms with Crippen molar-refractivity contribution in [2.45, 2.75) is 43.4 Å². The third kappa shape index (κ3) is 4.68. The fourth-order valence-electron chi connectivity index (χ4n) is 3.35. The summed E-state index contributed by atoms with van der Waals surface area (Å²) >= 11 is 0. The SMILES string of the molecule is N#CC1(c2ccc(OC(F)F)c(OCC3(F)CC3)c2)CCN(CC(=O)O)CC1. The number of halogens is 3.